The van der Waals surface area contributed by atoms with Gasteiger partial charge >= 0.3 is 0 Å². The molecule has 1 aromatic rings. The summed E-state index contributed by atoms with van der Waals surface area (Å²) in [5.74, 6) is 2.58. The second-order valence-corrected chi connectivity index (χ2v) is 5.20. The lowest BCUT2D eigenvalue weighted by molar-refractivity contribution is 0.126. The van der Waals surface area contributed by atoms with Crippen LogP contribution in [0, 0.1) is 6.92 Å². The number of aryl methyl sites for hydroxylation is 1. The second-order valence-electron chi connectivity index (χ2n) is 5.20. The first-order valence-corrected chi connectivity index (χ1v) is 6.52. The third kappa shape index (κ3) is 3.32. The molecule has 0 bridgehead atoms. The molecule has 1 aliphatic rings. The maximum atomic E-state index is 9.49. The van der Waals surface area contributed by atoms with Gasteiger partial charge in [0.2, 0.25) is 0 Å². The maximum absolute atomic E-state index is 9.49. The van der Waals surface area contributed by atoms with Crippen LogP contribution < -0.4 is 10.2 Å². The minimum absolute atomic E-state index is 0.118. The van der Waals surface area contributed by atoms with Gasteiger partial charge in [0, 0.05) is 26.2 Å². The highest BCUT2D eigenvalue weighted by Gasteiger charge is 2.19. The molecule has 0 amide bonds. The first kappa shape index (κ1) is 13.1. The monoisotopic (exact) mass is 250 g/mol. The number of anilines is 2. The quantitative estimate of drug-likeness (QED) is 0.852. The number of nitrogens with zero attached hydrogens (tertiary/aromatic N) is 3. The molecular formula is C13H22N4O. The summed E-state index contributed by atoms with van der Waals surface area (Å²) in [6, 6.07) is 2.38. The fourth-order valence-electron chi connectivity index (χ4n) is 2.28. The molecule has 2 rings (SSSR count). The van der Waals surface area contributed by atoms with E-state index >= 15 is 0 Å². The van der Waals surface area contributed by atoms with Crippen LogP contribution in [0.3, 0.4) is 0 Å². The van der Waals surface area contributed by atoms with Crippen molar-refractivity contribution >= 4 is 11.6 Å². The van der Waals surface area contributed by atoms with E-state index in [1.165, 1.54) is 0 Å². The smallest absolute Gasteiger partial charge is 0.133 e. The molecule has 5 nitrogen and oxygen atoms in total. The highest BCUT2D eigenvalue weighted by atomic mass is 16.3. The van der Waals surface area contributed by atoms with Gasteiger partial charge in [0.1, 0.15) is 17.5 Å². The zero-order valence-corrected chi connectivity index (χ0v) is 11.3. The summed E-state index contributed by atoms with van der Waals surface area (Å²) in [4.78, 5) is 10.8. The number of aliphatic hydroxyl groups excluding tert-OH is 1. The minimum Gasteiger partial charge on any atom is -0.393 e. The van der Waals surface area contributed by atoms with Gasteiger partial charge in [-0.1, -0.05) is 0 Å². The van der Waals surface area contributed by atoms with Gasteiger partial charge in [-0.05, 0) is 32.6 Å². The number of aliphatic hydroxyl groups is 1. The normalized spacial score (nSPS) is 23.8. The zero-order chi connectivity index (χ0) is 13.1. The van der Waals surface area contributed by atoms with Crippen LogP contribution in [-0.2, 0) is 0 Å². The molecule has 0 atom stereocenters. The lowest BCUT2D eigenvalue weighted by atomic mass is 9.93. The fraction of sp³-hybridized carbons (Fsp3) is 0.692. The van der Waals surface area contributed by atoms with E-state index in [1.54, 1.807) is 0 Å². The number of rotatable bonds is 3. The lowest BCUT2D eigenvalue weighted by Crippen LogP contribution is -2.28. The summed E-state index contributed by atoms with van der Waals surface area (Å²) in [6.45, 7) is 1.91. The van der Waals surface area contributed by atoms with Gasteiger partial charge in [0.15, 0.2) is 0 Å². The molecule has 100 valence electrons. The first-order chi connectivity index (χ1) is 8.54. The SMILES string of the molecule is Cc1nc(NC2CCC(O)CC2)cc(N(C)C)n1. The largest absolute Gasteiger partial charge is 0.393 e. The van der Waals surface area contributed by atoms with Gasteiger partial charge in [-0.3, -0.25) is 0 Å². The number of aromatic nitrogens is 2. The van der Waals surface area contributed by atoms with Crippen LogP contribution >= 0.6 is 0 Å². The van der Waals surface area contributed by atoms with Crippen molar-refractivity contribution in [1.82, 2.24) is 9.97 Å². The van der Waals surface area contributed by atoms with E-state index in [0.29, 0.717) is 6.04 Å². The van der Waals surface area contributed by atoms with E-state index in [4.69, 9.17) is 0 Å². The van der Waals surface area contributed by atoms with E-state index in [1.807, 2.05) is 32.0 Å². The van der Waals surface area contributed by atoms with E-state index < -0.39 is 0 Å². The van der Waals surface area contributed by atoms with Crippen LogP contribution in [-0.4, -0.2) is 41.3 Å². The van der Waals surface area contributed by atoms with E-state index in [-0.39, 0.29) is 6.10 Å². The average Bonchev–Trinajstić information content (AvgIpc) is 2.31. The Bertz CT molecular complexity index is 400. The second kappa shape index (κ2) is 5.52. The molecule has 0 spiro atoms. The van der Waals surface area contributed by atoms with Crippen molar-refractivity contribution in [2.75, 3.05) is 24.3 Å². The predicted octanol–water partition coefficient (Wildman–Crippen LogP) is 1.57. The Balaban J connectivity index is 2.04. The number of nitrogens with one attached hydrogen (secondary N) is 1. The van der Waals surface area contributed by atoms with E-state index in [2.05, 4.69) is 15.3 Å². The van der Waals surface area contributed by atoms with Crippen LogP contribution in [0.5, 0.6) is 0 Å². The van der Waals surface area contributed by atoms with Crippen molar-refractivity contribution in [3.8, 4) is 0 Å². The molecule has 0 aliphatic heterocycles. The van der Waals surface area contributed by atoms with Crippen molar-refractivity contribution in [2.24, 2.45) is 0 Å². The number of hydrogen-bond donors (Lipinski definition) is 2. The maximum Gasteiger partial charge on any atom is 0.133 e. The predicted molar refractivity (Wildman–Crippen MR) is 73.0 cm³/mol. The fourth-order valence-corrected chi connectivity index (χ4v) is 2.28. The van der Waals surface area contributed by atoms with Gasteiger partial charge in [0.25, 0.3) is 0 Å². The summed E-state index contributed by atoms with van der Waals surface area (Å²) >= 11 is 0. The van der Waals surface area contributed by atoms with Crippen LogP contribution in [0.4, 0.5) is 11.6 Å². The average molecular weight is 250 g/mol. The minimum atomic E-state index is -0.118. The Labute approximate surface area is 108 Å². The Morgan fingerprint density at radius 3 is 2.50 bits per heavy atom. The Morgan fingerprint density at radius 2 is 1.89 bits per heavy atom. The molecule has 0 saturated heterocycles. The molecule has 1 aliphatic carbocycles. The Kier molecular flexibility index (Phi) is 4.01. The number of hydrogen-bond acceptors (Lipinski definition) is 5. The molecule has 0 unspecified atom stereocenters. The lowest BCUT2D eigenvalue weighted by Gasteiger charge is -2.27. The topological polar surface area (TPSA) is 61.3 Å². The summed E-state index contributed by atoms with van der Waals surface area (Å²) in [6.07, 6.45) is 3.64. The molecule has 1 saturated carbocycles. The van der Waals surface area contributed by atoms with Gasteiger partial charge in [-0.15, -0.1) is 0 Å². The molecular weight excluding hydrogens is 228 g/mol. The third-order valence-corrected chi connectivity index (χ3v) is 3.33. The van der Waals surface area contributed by atoms with E-state index in [9.17, 15) is 5.11 Å². The van der Waals surface area contributed by atoms with Gasteiger partial charge < -0.3 is 15.3 Å². The van der Waals surface area contributed by atoms with Crippen LogP contribution in [0.15, 0.2) is 6.07 Å². The van der Waals surface area contributed by atoms with Gasteiger partial charge in [-0.2, -0.15) is 0 Å². The molecule has 0 aromatic carbocycles. The Hall–Kier alpha value is -1.36. The van der Waals surface area contributed by atoms with Crippen LogP contribution in [0.25, 0.3) is 0 Å². The molecule has 5 heteroatoms. The molecule has 18 heavy (non-hydrogen) atoms. The molecule has 0 radical (unpaired) electrons. The van der Waals surface area contributed by atoms with Crippen molar-refractivity contribution in [2.45, 2.75) is 44.8 Å². The highest BCUT2D eigenvalue weighted by molar-refractivity contribution is 5.48. The van der Waals surface area contributed by atoms with Crippen molar-refractivity contribution in [3.05, 3.63) is 11.9 Å². The summed E-state index contributed by atoms with van der Waals surface area (Å²) in [5.41, 5.74) is 0. The third-order valence-electron chi connectivity index (χ3n) is 3.33. The molecule has 1 heterocycles. The summed E-state index contributed by atoms with van der Waals surface area (Å²) in [5, 5.41) is 12.9. The molecule has 1 aromatic heterocycles. The standard InChI is InChI=1S/C13H22N4O/c1-9-14-12(8-13(15-9)17(2)3)16-10-4-6-11(18)7-5-10/h8,10-11,18H,4-7H2,1-3H3,(H,14,15,16). The van der Waals surface area contributed by atoms with E-state index in [0.717, 1.165) is 43.1 Å². The van der Waals surface area contributed by atoms with Gasteiger partial charge in [-0.25, -0.2) is 9.97 Å². The first-order valence-electron chi connectivity index (χ1n) is 6.52. The summed E-state index contributed by atoms with van der Waals surface area (Å²) in [7, 11) is 3.95. The molecule has 2 N–H and O–H groups in total. The van der Waals surface area contributed by atoms with Crippen molar-refractivity contribution in [3.63, 3.8) is 0 Å². The Morgan fingerprint density at radius 1 is 1.22 bits per heavy atom. The summed E-state index contributed by atoms with van der Waals surface area (Å²) < 4.78 is 0. The van der Waals surface area contributed by atoms with Crippen LogP contribution in [0.2, 0.25) is 0 Å². The zero-order valence-electron chi connectivity index (χ0n) is 11.3. The van der Waals surface area contributed by atoms with Crippen LogP contribution in [0.1, 0.15) is 31.5 Å². The highest BCUT2D eigenvalue weighted by Crippen LogP contribution is 2.22. The van der Waals surface area contributed by atoms with Crippen molar-refractivity contribution in [1.29, 1.82) is 0 Å². The van der Waals surface area contributed by atoms with Gasteiger partial charge in [0.05, 0.1) is 6.10 Å². The van der Waals surface area contributed by atoms with Crippen molar-refractivity contribution < 1.29 is 5.11 Å². The molecule has 1 fully saturated rings.